The minimum absolute atomic E-state index is 0.00667. The van der Waals surface area contributed by atoms with Crippen molar-refractivity contribution in [3.63, 3.8) is 0 Å². The van der Waals surface area contributed by atoms with Crippen LogP contribution in [0.5, 0.6) is 0 Å². The first-order valence-corrected chi connectivity index (χ1v) is 6.21. The molecule has 2 aromatic carbocycles. The number of rotatable bonds is 2. The number of hydrogen-bond acceptors (Lipinski definition) is 1. The van der Waals surface area contributed by atoms with Crippen molar-refractivity contribution < 1.29 is 4.42 Å². The van der Waals surface area contributed by atoms with Gasteiger partial charge in [0.1, 0.15) is 5.58 Å². The van der Waals surface area contributed by atoms with Crippen LogP contribution in [-0.4, -0.2) is 0 Å². The van der Waals surface area contributed by atoms with Crippen LogP contribution in [0.3, 0.4) is 0 Å². The molecule has 0 atom stereocenters. The van der Waals surface area contributed by atoms with Crippen LogP contribution in [0.4, 0.5) is 0 Å². The first kappa shape index (κ1) is 11.1. The van der Waals surface area contributed by atoms with Crippen LogP contribution < -0.4 is 0 Å². The molecule has 18 heavy (non-hydrogen) atoms. The molecule has 0 aliphatic carbocycles. The van der Waals surface area contributed by atoms with Crippen molar-refractivity contribution >= 4 is 11.0 Å². The average molecular weight is 236 g/mol. The molecule has 0 aliphatic rings. The Hall–Kier alpha value is -2.02. The summed E-state index contributed by atoms with van der Waals surface area (Å²) in [6, 6.07) is 19.0. The number of benzene rings is 2. The maximum Gasteiger partial charge on any atom is 0.133 e. The highest BCUT2D eigenvalue weighted by Gasteiger charge is 2.23. The molecule has 90 valence electrons. The average Bonchev–Trinajstić information content (AvgIpc) is 2.87. The van der Waals surface area contributed by atoms with Gasteiger partial charge in [-0.05, 0) is 29.3 Å². The van der Waals surface area contributed by atoms with E-state index in [1.807, 2.05) is 6.07 Å². The second-order valence-electron chi connectivity index (χ2n) is 5.16. The molecule has 0 amide bonds. The van der Waals surface area contributed by atoms with Gasteiger partial charge in [-0.2, -0.15) is 0 Å². The zero-order valence-electron chi connectivity index (χ0n) is 10.7. The monoisotopic (exact) mass is 236 g/mol. The predicted octanol–water partition coefficient (Wildman–Crippen LogP) is 4.76. The lowest BCUT2D eigenvalue weighted by Gasteiger charge is -2.26. The van der Waals surface area contributed by atoms with Gasteiger partial charge in [0.2, 0.25) is 0 Å². The highest BCUT2D eigenvalue weighted by atomic mass is 16.3. The molecule has 0 saturated heterocycles. The summed E-state index contributed by atoms with van der Waals surface area (Å²) in [5, 5.41) is 1.16. The Morgan fingerprint density at radius 2 is 1.61 bits per heavy atom. The molecule has 0 fully saturated rings. The van der Waals surface area contributed by atoms with Gasteiger partial charge in [0.05, 0.1) is 6.26 Å². The first-order valence-electron chi connectivity index (χ1n) is 6.21. The maximum absolute atomic E-state index is 5.39. The summed E-state index contributed by atoms with van der Waals surface area (Å²) < 4.78 is 5.39. The summed E-state index contributed by atoms with van der Waals surface area (Å²) in [7, 11) is 0. The highest BCUT2D eigenvalue weighted by molar-refractivity contribution is 5.78. The Bertz CT molecular complexity index is 662. The number of furan rings is 1. The van der Waals surface area contributed by atoms with Crippen LogP contribution in [0.15, 0.2) is 65.3 Å². The summed E-state index contributed by atoms with van der Waals surface area (Å²) >= 11 is 0. The third kappa shape index (κ3) is 1.72. The minimum atomic E-state index is 0.00667. The fourth-order valence-electron chi connectivity index (χ4n) is 2.38. The standard InChI is InChI=1S/C17H16O/c1-17(2,14-6-4-3-5-7-14)15-8-9-16-13(12-15)10-11-18-16/h3-12H,1-2H3. The van der Waals surface area contributed by atoms with E-state index >= 15 is 0 Å². The van der Waals surface area contributed by atoms with Crippen LogP contribution >= 0.6 is 0 Å². The van der Waals surface area contributed by atoms with E-state index in [1.165, 1.54) is 11.1 Å². The molecule has 0 aliphatic heterocycles. The molecular formula is C17H16O. The van der Waals surface area contributed by atoms with E-state index in [2.05, 4.69) is 62.4 Å². The lowest BCUT2D eigenvalue weighted by molar-refractivity contribution is 0.614. The van der Waals surface area contributed by atoms with E-state index < -0.39 is 0 Å². The van der Waals surface area contributed by atoms with Gasteiger partial charge >= 0.3 is 0 Å². The maximum atomic E-state index is 5.39. The molecular weight excluding hydrogens is 220 g/mol. The summed E-state index contributed by atoms with van der Waals surface area (Å²) in [4.78, 5) is 0. The molecule has 1 heteroatoms. The topological polar surface area (TPSA) is 13.1 Å². The molecule has 3 aromatic rings. The number of fused-ring (bicyclic) bond motifs is 1. The van der Waals surface area contributed by atoms with Gasteiger partial charge in [0, 0.05) is 10.8 Å². The third-order valence-corrected chi connectivity index (χ3v) is 3.67. The Morgan fingerprint density at radius 1 is 0.833 bits per heavy atom. The van der Waals surface area contributed by atoms with E-state index in [4.69, 9.17) is 4.42 Å². The number of hydrogen-bond donors (Lipinski definition) is 0. The summed E-state index contributed by atoms with van der Waals surface area (Å²) in [5.41, 5.74) is 3.59. The molecule has 0 N–H and O–H groups in total. The van der Waals surface area contributed by atoms with Gasteiger partial charge in [-0.15, -0.1) is 0 Å². The van der Waals surface area contributed by atoms with Gasteiger partial charge < -0.3 is 4.42 Å². The lowest BCUT2D eigenvalue weighted by atomic mass is 9.78. The zero-order chi connectivity index (χ0) is 12.6. The Balaban J connectivity index is 2.12. The zero-order valence-corrected chi connectivity index (χ0v) is 10.7. The fraction of sp³-hybridized carbons (Fsp3) is 0.176. The van der Waals surface area contributed by atoms with Gasteiger partial charge in [-0.25, -0.2) is 0 Å². The Morgan fingerprint density at radius 3 is 2.39 bits per heavy atom. The van der Waals surface area contributed by atoms with E-state index in [0.717, 1.165) is 11.0 Å². The molecule has 0 radical (unpaired) electrons. The van der Waals surface area contributed by atoms with Crippen LogP contribution in [-0.2, 0) is 5.41 Å². The van der Waals surface area contributed by atoms with Crippen LogP contribution in [0.2, 0.25) is 0 Å². The SMILES string of the molecule is CC(C)(c1ccccc1)c1ccc2occc2c1. The Kier molecular flexibility index (Phi) is 2.48. The lowest BCUT2D eigenvalue weighted by Crippen LogP contribution is -2.18. The van der Waals surface area contributed by atoms with E-state index in [-0.39, 0.29) is 5.41 Å². The van der Waals surface area contributed by atoms with Crippen molar-refractivity contribution in [3.8, 4) is 0 Å². The van der Waals surface area contributed by atoms with Crippen molar-refractivity contribution in [2.75, 3.05) is 0 Å². The summed E-state index contributed by atoms with van der Waals surface area (Å²) in [6.45, 7) is 4.51. The van der Waals surface area contributed by atoms with Crippen molar-refractivity contribution in [2.24, 2.45) is 0 Å². The summed E-state index contributed by atoms with van der Waals surface area (Å²) in [6.07, 6.45) is 1.74. The first-order chi connectivity index (χ1) is 8.68. The minimum Gasteiger partial charge on any atom is -0.464 e. The van der Waals surface area contributed by atoms with Crippen LogP contribution in [0.25, 0.3) is 11.0 Å². The third-order valence-electron chi connectivity index (χ3n) is 3.67. The molecule has 0 unspecified atom stereocenters. The van der Waals surface area contributed by atoms with Crippen molar-refractivity contribution in [2.45, 2.75) is 19.3 Å². The van der Waals surface area contributed by atoms with E-state index in [0.29, 0.717) is 0 Å². The Labute approximate surface area is 107 Å². The van der Waals surface area contributed by atoms with Gasteiger partial charge in [0.25, 0.3) is 0 Å². The summed E-state index contributed by atoms with van der Waals surface area (Å²) in [5.74, 6) is 0. The van der Waals surface area contributed by atoms with Gasteiger partial charge in [-0.3, -0.25) is 0 Å². The molecule has 0 bridgehead atoms. The van der Waals surface area contributed by atoms with Crippen molar-refractivity contribution in [1.29, 1.82) is 0 Å². The second kappa shape index (κ2) is 4.02. The molecule has 1 heterocycles. The van der Waals surface area contributed by atoms with Crippen LogP contribution in [0, 0.1) is 0 Å². The van der Waals surface area contributed by atoms with Crippen molar-refractivity contribution in [1.82, 2.24) is 0 Å². The smallest absolute Gasteiger partial charge is 0.133 e. The molecule has 0 spiro atoms. The molecule has 1 nitrogen and oxygen atoms in total. The molecule has 1 aromatic heterocycles. The predicted molar refractivity (Wildman–Crippen MR) is 74.8 cm³/mol. The largest absolute Gasteiger partial charge is 0.464 e. The van der Waals surface area contributed by atoms with Gasteiger partial charge in [0.15, 0.2) is 0 Å². The molecule has 3 rings (SSSR count). The molecule has 0 saturated carbocycles. The van der Waals surface area contributed by atoms with Crippen molar-refractivity contribution in [3.05, 3.63) is 72.0 Å². The van der Waals surface area contributed by atoms with E-state index in [1.54, 1.807) is 6.26 Å². The quantitative estimate of drug-likeness (QED) is 0.625. The van der Waals surface area contributed by atoms with Crippen LogP contribution in [0.1, 0.15) is 25.0 Å². The van der Waals surface area contributed by atoms with E-state index in [9.17, 15) is 0 Å². The normalized spacial score (nSPS) is 11.9. The highest BCUT2D eigenvalue weighted by Crippen LogP contribution is 2.33. The van der Waals surface area contributed by atoms with Gasteiger partial charge in [-0.1, -0.05) is 50.2 Å². The fourth-order valence-corrected chi connectivity index (χ4v) is 2.38. The second-order valence-corrected chi connectivity index (χ2v) is 5.16.